The van der Waals surface area contributed by atoms with Crippen molar-refractivity contribution < 1.29 is 5.11 Å². The number of aromatic nitrogens is 2. The fraction of sp³-hybridized carbons (Fsp3) is 0.176. The molecule has 0 fully saturated rings. The lowest BCUT2D eigenvalue weighted by Gasteiger charge is -2.22. The lowest BCUT2D eigenvalue weighted by Crippen LogP contribution is -2.31. The van der Waals surface area contributed by atoms with Crippen molar-refractivity contribution in [2.24, 2.45) is 4.99 Å². The van der Waals surface area contributed by atoms with Crippen molar-refractivity contribution in [1.82, 2.24) is 19.8 Å². The average Bonchev–Trinajstić information content (AvgIpc) is 3.12. The number of aryl methyl sites for hydroxylation is 1. The number of benzene rings is 1. The van der Waals surface area contributed by atoms with Crippen LogP contribution in [-0.2, 0) is 6.54 Å². The maximum absolute atomic E-state index is 9.25. The zero-order valence-electron chi connectivity index (χ0n) is 13.1. The lowest BCUT2D eigenvalue weighted by molar-refractivity contribution is 0.275. The number of fused-ring (bicyclic) bond motifs is 2. The number of nitrogens with zero attached hydrogens (tertiary/aromatic N) is 4. The Kier molecular flexibility index (Phi) is 3.54. The molecule has 122 valence electrons. The van der Waals surface area contributed by atoms with Crippen molar-refractivity contribution in [3.63, 3.8) is 0 Å². The van der Waals surface area contributed by atoms with Crippen LogP contribution in [0.2, 0.25) is 0 Å². The van der Waals surface area contributed by atoms with Crippen LogP contribution in [-0.4, -0.2) is 32.1 Å². The first-order chi connectivity index (χ1) is 11.6. The first-order valence-electron chi connectivity index (χ1n) is 7.58. The molecule has 0 saturated carbocycles. The van der Waals surface area contributed by atoms with Crippen LogP contribution in [0.4, 0.5) is 5.82 Å². The Bertz CT molecular complexity index is 894. The number of aliphatic hydroxyl groups is 1. The summed E-state index contributed by atoms with van der Waals surface area (Å²) < 4.78 is 2.46. The van der Waals surface area contributed by atoms with Crippen molar-refractivity contribution >= 4 is 39.1 Å². The standard InChI is InChI=1S/C17H16BrN5O/c1-10-3-5-12(6-4-10)13-9-23-11(2)14-15(21-17(23)19-13)22(7-8-24)16(18)20-14/h3-6,9,24H,2,7-8H2,1H3,(H,19,21). The molecule has 0 bridgehead atoms. The normalized spacial score (nSPS) is 15.6. The summed E-state index contributed by atoms with van der Waals surface area (Å²) in [5.74, 6) is 1.38. The number of guanidine groups is 1. The summed E-state index contributed by atoms with van der Waals surface area (Å²) >= 11 is 3.42. The van der Waals surface area contributed by atoms with Gasteiger partial charge in [-0.1, -0.05) is 36.4 Å². The zero-order chi connectivity index (χ0) is 16.8. The third kappa shape index (κ3) is 2.28. The van der Waals surface area contributed by atoms with Gasteiger partial charge in [0.25, 0.3) is 0 Å². The van der Waals surface area contributed by atoms with E-state index in [4.69, 9.17) is 0 Å². The molecule has 3 heterocycles. The lowest BCUT2D eigenvalue weighted by atomic mass is 10.1. The predicted octanol–water partition coefficient (Wildman–Crippen LogP) is 2.82. The molecule has 4 rings (SSSR count). The number of nitrogens with one attached hydrogen (secondary N) is 1. The van der Waals surface area contributed by atoms with E-state index < -0.39 is 0 Å². The van der Waals surface area contributed by atoms with Gasteiger partial charge in [0.1, 0.15) is 5.69 Å². The molecule has 0 saturated heterocycles. The van der Waals surface area contributed by atoms with Gasteiger partial charge in [-0.2, -0.15) is 4.99 Å². The molecule has 7 heteroatoms. The second kappa shape index (κ2) is 5.61. The molecular weight excluding hydrogens is 370 g/mol. The maximum Gasteiger partial charge on any atom is 0.214 e. The number of aliphatic imine (C=N–C) groups is 1. The minimum absolute atomic E-state index is 0.0166. The molecule has 0 atom stereocenters. The summed E-state index contributed by atoms with van der Waals surface area (Å²) in [6.07, 6.45) is 1.98. The molecular formula is C17H16BrN5O. The van der Waals surface area contributed by atoms with Crippen LogP contribution in [0, 0.1) is 6.92 Å². The molecule has 6 nitrogen and oxygen atoms in total. The zero-order valence-corrected chi connectivity index (χ0v) is 14.7. The Morgan fingerprint density at radius 2 is 2.04 bits per heavy atom. The van der Waals surface area contributed by atoms with Crippen LogP contribution in [0.25, 0.3) is 11.4 Å². The summed E-state index contributed by atoms with van der Waals surface area (Å²) in [7, 11) is 0. The van der Waals surface area contributed by atoms with Gasteiger partial charge in [-0.25, -0.2) is 4.98 Å². The average molecular weight is 386 g/mol. The van der Waals surface area contributed by atoms with Gasteiger partial charge in [-0.05, 0) is 28.4 Å². The van der Waals surface area contributed by atoms with Crippen LogP contribution < -0.4 is 5.32 Å². The first-order valence-corrected chi connectivity index (χ1v) is 8.38. The molecule has 2 aliphatic rings. The number of hydrogen-bond donors (Lipinski definition) is 2. The van der Waals surface area contributed by atoms with E-state index in [1.165, 1.54) is 5.56 Å². The summed E-state index contributed by atoms with van der Waals surface area (Å²) in [5, 5.41) is 12.6. The molecule has 2 N–H and O–H groups in total. The molecule has 24 heavy (non-hydrogen) atoms. The Labute approximate surface area is 148 Å². The molecule has 1 aromatic carbocycles. The van der Waals surface area contributed by atoms with Gasteiger partial charge in [0, 0.05) is 12.7 Å². The van der Waals surface area contributed by atoms with Gasteiger partial charge < -0.3 is 15.0 Å². The number of halogens is 1. The Hall–Kier alpha value is -2.38. The summed E-state index contributed by atoms with van der Waals surface area (Å²) in [4.78, 5) is 11.1. The Morgan fingerprint density at radius 3 is 2.75 bits per heavy atom. The fourth-order valence-electron chi connectivity index (χ4n) is 2.81. The van der Waals surface area contributed by atoms with E-state index in [-0.39, 0.29) is 6.61 Å². The van der Waals surface area contributed by atoms with Gasteiger partial charge in [0.15, 0.2) is 10.6 Å². The number of hydrogen-bond acceptors (Lipinski definition) is 5. The maximum atomic E-state index is 9.25. The Morgan fingerprint density at radius 1 is 1.29 bits per heavy atom. The number of imidazole rings is 1. The van der Waals surface area contributed by atoms with E-state index in [9.17, 15) is 5.11 Å². The third-order valence-corrected chi connectivity index (χ3v) is 4.69. The van der Waals surface area contributed by atoms with Crippen LogP contribution in [0.1, 0.15) is 16.8 Å². The minimum Gasteiger partial charge on any atom is -0.395 e. The van der Waals surface area contributed by atoms with E-state index in [2.05, 4.69) is 69.0 Å². The highest BCUT2D eigenvalue weighted by Crippen LogP contribution is 2.37. The highest BCUT2D eigenvalue weighted by molar-refractivity contribution is 9.10. The molecule has 0 unspecified atom stereocenters. The first kappa shape index (κ1) is 15.2. The SMILES string of the molecule is C=C1c2nc(Br)n(CCO)c2N=C2NC(c3ccc(C)cc3)=CN12. The van der Waals surface area contributed by atoms with E-state index in [1.807, 2.05) is 15.7 Å². The van der Waals surface area contributed by atoms with Gasteiger partial charge in [0.05, 0.1) is 18.0 Å². The van der Waals surface area contributed by atoms with Crippen LogP contribution in [0.3, 0.4) is 0 Å². The number of aliphatic hydroxyl groups excluding tert-OH is 1. The van der Waals surface area contributed by atoms with Crippen LogP contribution in [0.15, 0.2) is 46.8 Å². The van der Waals surface area contributed by atoms with E-state index in [1.54, 1.807) is 0 Å². The topological polar surface area (TPSA) is 65.7 Å². The second-order valence-corrected chi connectivity index (χ2v) is 6.42. The van der Waals surface area contributed by atoms with Gasteiger partial charge in [0.2, 0.25) is 5.96 Å². The van der Waals surface area contributed by atoms with Gasteiger partial charge in [-0.3, -0.25) is 4.90 Å². The van der Waals surface area contributed by atoms with E-state index in [0.29, 0.717) is 28.7 Å². The van der Waals surface area contributed by atoms with Crippen molar-refractivity contribution in [3.8, 4) is 0 Å². The van der Waals surface area contributed by atoms with Gasteiger partial charge >= 0.3 is 0 Å². The number of rotatable bonds is 3. The van der Waals surface area contributed by atoms with E-state index in [0.717, 1.165) is 17.0 Å². The molecule has 0 spiro atoms. The highest BCUT2D eigenvalue weighted by Gasteiger charge is 2.32. The fourth-order valence-corrected chi connectivity index (χ4v) is 3.33. The smallest absolute Gasteiger partial charge is 0.214 e. The summed E-state index contributed by atoms with van der Waals surface area (Å²) in [6.45, 7) is 6.66. The highest BCUT2D eigenvalue weighted by atomic mass is 79.9. The van der Waals surface area contributed by atoms with Crippen molar-refractivity contribution in [2.45, 2.75) is 13.5 Å². The van der Waals surface area contributed by atoms with Crippen molar-refractivity contribution in [1.29, 1.82) is 0 Å². The summed E-state index contributed by atoms with van der Waals surface area (Å²) in [6, 6.07) is 8.30. The molecule has 1 aromatic heterocycles. The Balaban J connectivity index is 1.73. The second-order valence-electron chi connectivity index (χ2n) is 5.71. The molecule has 0 amide bonds. The molecule has 0 aliphatic carbocycles. The molecule has 2 aliphatic heterocycles. The van der Waals surface area contributed by atoms with E-state index >= 15 is 0 Å². The largest absolute Gasteiger partial charge is 0.395 e. The minimum atomic E-state index is 0.0166. The predicted molar refractivity (Wildman–Crippen MR) is 97.3 cm³/mol. The van der Waals surface area contributed by atoms with Gasteiger partial charge in [-0.15, -0.1) is 0 Å². The molecule has 0 radical (unpaired) electrons. The quantitative estimate of drug-likeness (QED) is 0.852. The van der Waals surface area contributed by atoms with Crippen molar-refractivity contribution in [3.05, 3.63) is 58.6 Å². The van der Waals surface area contributed by atoms with Crippen LogP contribution in [0.5, 0.6) is 0 Å². The van der Waals surface area contributed by atoms with Crippen molar-refractivity contribution in [2.75, 3.05) is 6.61 Å². The third-order valence-electron chi connectivity index (χ3n) is 4.09. The van der Waals surface area contributed by atoms with Crippen LogP contribution >= 0.6 is 15.9 Å². The summed E-state index contributed by atoms with van der Waals surface area (Å²) in [5.41, 5.74) is 4.73. The monoisotopic (exact) mass is 385 g/mol. The molecule has 2 aromatic rings.